The molecule has 2 aromatic rings. The summed E-state index contributed by atoms with van der Waals surface area (Å²) in [5.41, 5.74) is 1.11. The fourth-order valence-electron chi connectivity index (χ4n) is 2.10. The van der Waals surface area contributed by atoms with E-state index in [1.165, 1.54) is 10.8 Å². The second-order valence-corrected chi connectivity index (χ2v) is 5.39. The van der Waals surface area contributed by atoms with Crippen LogP contribution in [0.2, 0.25) is 0 Å². The van der Waals surface area contributed by atoms with Crippen LogP contribution in [0, 0.1) is 11.8 Å². The summed E-state index contributed by atoms with van der Waals surface area (Å²) in [5, 5.41) is 2.47. The second kappa shape index (κ2) is 5.73. The Bertz CT molecular complexity index is 636. The lowest BCUT2D eigenvalue weighted by atomic mass is 10.1. The van der Waals surface area contributed by atoms with Crippen LogP contribution in [0.15, 0.2) is 55.1 Å². The van der Waals surface area contributed by atoms with E-state index in [0.29, 0.717) is 0 Å². The molecule has 0 saturated heterocycles. The zero-order valence-corrected chi connectivity index (χ0v) is 11.7. The van der Waals surface area contributed by atoms with Gasteiger partial charge in [-0.15, -0.1) is 0 Å². The average molecular weight is 250 g/mol. The Balaban J connectivity index is 2.25. The molecule has 0 radical (unpaired) electrons. The number of quaternary nitrogens is 1. The van der Waals surface area contributed by atoms with E-state index in [2.05, 4.69) is 75.0 Å². The molecule has 19 heavy (non-hydrogen) atoms. The van der Waals surface area contributed by atoms with Crippen molar-refractivity contribution in [3.63, 3.8) is 0 Å². The van der Waals surface area contributed by atoms with E-state index in [1.54, 1.807) is 0 Å². The average Bonchev–Trinajstić information content (AvgIpc) is 2.39. The lowest BCUT2D eigenvalue weighted by molar-refractivity contribution is -0.877. The van der Waals surface area contributed by atoms with E-state index in [4.69, 9.17) is 0 Å². The van der Waals surface area contributed by atoms with Crippen molar-refractivity contribution in [2.45, 2.75) is 0 Å². The van der Waals surface area contributed by atoms with Crippen LogP contribution in [0.4, 0.5) is 0 Å². The summed E-state index contributed by atoms with van der Waals surface area (Å²) < 4.78 is 0.848. The van der Waals surface area contributed by atoms with Gasteiger partial charge in [-0.2, -0.15) is 0 Å². The van der Waals surface area contributed by atoms with Gasteiger partial charge in [0.1, 0.15) is 6.54 Å². The molecule has 0 aliphatic rings. The number of rotatable bonds is 3. The minimum atomic E-state index is 0.829. The van der Waals surface area contributed by atoms with E-state index >= 15 is 0 Å². The maximum absolute atomic E-state index is 3.79. The lowest BCUT2D eigenvalue weighted by Crippen LogP contribution is -2.39. The first kappa shape index (κ1) is 13.4. The summed E-state index contributed by atoms with van der Waals surface area (Å²) in [7, 11) is 4.33. The van der Waals surface area contributed by atoms with Gasteiger partial charge in [-0.25, -0.2) is 0 Å². The zero-order chi connectivity index (χ0) is 13.7. The summed E-state index contributed by atoms with van der Waals surface area (Å²) in [4.78, 5) is 0. The molecule has 1 heteroatoms. The fourth-order valence-corrected chi connectivity index (χ4v) is 2.10. The molecule has 0 aliphatic heterocycles. The predicted molar refractivity (Wildman–Crippen MR) is 82.9 cm³/mol. The maximum Gasteiger partial charge on any atom is 0.141 e. The monoisotopic (exact) mass is 250 g/mol. The Kier molecular flexibility index (Phi) is 4.04. The highest BCUT2D eigenvalue weighted by molar-refractivity contribution is 5.88. The Morgan fingerprint density at radius 1 is 1.11 bits per heavy atom. The quantitative estimate of drug-likeness (QED) is 0.444. The number of hydrogen-bond acceptors (Lipinski definition) is 0. The largest absolute Gasteiger partial charge is 0.315 e. The van der Waals surface area contributed by atoms with Crippen LogP contribution in [0.5, 0.6) is 0 Å². The van der Waals surface area contributed by atoms with Gasteiger partial charge in [-0.05, 0) is 28.8 Å². The molecule has 2 aromatic carbocycles. The first-order valence-electron chi connectivity index (χ1n) is 6.52. The van der Waals surface area contributed by atoms with Crippen molar-refractivity contribution in [3.8, 4) is 11.8 Å². The third-order valence-electron chi connectivity index (χ3n) is 3.14. The third kappa shape index (κ3) is 3.47. The number of likely N-dealkylation sites (N-methyl/N-ethyl adjacent to an activating group) is 1. The number of hydrogen-bond donors (Lipinski definition) is 0. The van der Waals surface area contributed by atoms with Gasteiger partial charge in [0, 0.05) is 5.56 Å². The predicted octanol–water partition coefficient (Wildman–Crippen LogP) is 3.45. The van der Waals surface area contributed by atoms with Gasteiger partial charge in [0.15, 0.2) is 0 Å². The minimum absolute atomic E-state index is 0.829. The zero-order valence-electron chi connectivity index (χ0n) is 11.7. The highest BCUT2D eigenvalue weighted by Gasteiger charge is 2.09. The summed E-state index contributed by atoms with van der Waals surface area (Å²) >= 11 is 0. The standard InChI is InChI=1S/C18H20N/c1-4-14-19(2,3)15-8-12-17-11-7-10-16-9-5-6-13-18(16)17/h4-7,9-11,13H,1,14-15H2,2-3H3/q+1. The van der Waals surface area contributed by atoms with E-state index in [1.807, 2.05) is 6.08 Å². The molecule has 1 nitrogen and oxygen atoms in total. The molecule has 0 bridgehead atoms. The van der Waals surface area contributed by atoms with Crippen molar-refractivity contribution in [3.05, 3.63) is 60.7 Å². The molecular formula is C18H20N+. The highest BCUT2D eigenvalue weighted by atomic mass is 15.3. The molecule has 0 unspecified atom stereocenters. The molecule has 96 valence electrons. The van der Waals surface area contributed by atoms with Gasteiger partial charge in [-0.3, -0.25) is 0 Å². The van der Waals surface area contributed by atoms with Crippen LogP contribution >= 0.6 is 0 Å². The molecule has 0 atom stereocenters. The molecule has 0 spiro atoms. The molecule has 0 aliphatic carbocycles. The van der Waals surface area contributed by atoms with Crippen molar-refractivity contribution in [1.82, 2.24) is 0 Å². The SMILES string of the molecule is C=CC[N+](C)(C)CC#Cc1cccc2ccccc12. The van der Waals surface area contributed by atoms with E-state index in [9.17, 15) is 0 Å². The summed E-state index contributed by atoms with van der Waals surface area (Å²) in [6.07, 6.45) is 1.94. The number of benzene rings is 2. The number of nitrogens with zero attached hydrogens (tertiary/aromatic N) is 1. The van der Waals surface area contributed by atoms with Crippen LogP contribution < -0.4 is 0 Å². The van der Waals surface area contributed by atoms with Gasteiger partial charge in [-0.1, -0.05) is 48.9 Å². The van der Waals surface area contributed by atoms with Crippen molar-refractivity contribution in [2.24, 2.45) is 0 Å². The maximum atomic E-state index is 3.79. The van der Waals surface area contributed by atoms with Gasteiger partial charge in [0.05, 0.1) is 20.6 Å². The number of fused-ring (bicyclic) bond motifs is 1. The summed E-state index contributed by atoms with van der Waals surface area (Å²) in [5.74, 6) is 6.60. The Labute approximate surface area is 115 Å². The van der Waals surface area contributed by atoms with Crippen molar-refractivity contribution < 1.29 is 4.48 Å². The van der Waals surface area contributed by atoms with Crippen molar-refractivity contribution in [1.29, 1.82) is 0 Å². The van der Waals surface area contributed by atoms with Gasteiger partial charge in [0.25, 0.3) is 0 Å². The lowest BCUT2D eigenvalue weighted by Gasteiger charge is -2.25. The molecule has 2 rings (SSSR count). The second-order valence-electron chi connectivity index (χ2n) is 5.39. The third-order valence-corrected chi connectivity index (χ3v) is 3.14. The molecule has 0 fully saturated rings. The molecule has 0 saturated carbocycles. The molecular weight excluding hydrogens is 230 g/mol. The summed E-state index contributed by atoms with van der Waals surface area (Å²) in [6, 6.07) is 14.6. The van der Waals surface area contributed by atoms with Crippen LogP contribution in [-0.4, -0.2) is 31.7 Å². The van der Waals surface area contributed by atoms with E-state index < -0.39 is 0 Å². The summed E-state index contributed by atoms with van der Waals surface area (Å²) in [6.45, 7) is 5.55. The molecule has 0 N–H and O–H groups in total. The Morgan fingerprint density at radius 2 is 1.84 bits per heavy atom. The smallest absolute Gasteiger partial charge is 0.141 e. The first-order chi connectivity index (χ1) is 9.12. The van der Waals surface area contributed by atoms with Crippen molar-refractivity contribution >= 4 is 10.8 Å². The topological polar surface area (TPSA) is 0 Å². The first-order valence-corrected chi connectivity index (χ1v) is 6.52. The highest BCUT2D eigenvalue weighted by Crippen LogP contribution is 2.17. The van der Waals surface area contributed by atoms with Crippen molar-refractivity contribution in [2.75, 3.05) is 27.2 Å². The van der Waals surface area contributed by atoms with Crippen LogP contribution in [0.3, 0.4) is 0 Å². The van der Waals surface area contributed by atoms with E-state index in [0.717, 1.165) is 23.1 Å². The Morgan fingerprint density at radius 3 is 2.63 bits per heavy atom. The van der Waals surface area contributed by atoms with Gasteiger partial charge < -0.3 is 4.48 Å². The minimum Gasteiger partial charge on any atom is -0.315 e. The molecule has 0 heterocycles. The Hall–Kier alpha value is -2.04. The molecule has 0 amide bonds. The molecule has 0 aromatic heterocycles. The fraction of sp³-hybridized carbons (Fsp3) is 0.222. The van der Waals surface area contributed by atoms with E-state index in [-0.39, 0.29) is 0 Å². The normalized spacial score (nSPS) is 10.8. The van der Waals surface area contributed by atoms with Gasteiger partial charge in [0.2, 0.25) is 0 Å². The van der Waals surface area contributed by atoms with Crippen LogP contribution in [-0.2, 0) is 0 Å². The van der Waals surface area contributed by atoms with Crippen LogP contribution in [0.25, 0.3) is 10.8 Å². The van der Waals surface area contributed by atoms with Gasteiger partial charge >= 0.3 is 0 Å². The van der Waals surface area contributed by atoms with Crippen LogP contribution in [0.1, 0.15) is 5.56 Å².